The monoisotopic (exact) mass is 250 g/mol. The summed E-state index contributed by atoms with van der Waals surface area (Å²) in [5.74, 6) is -1.03. The Kier molecular flexibility index (Phi) is 4.71. The Bertz CT molecular complexity index is 437. The molecule has 0 bridgehead atoms. The largest absolute Gasteiger partial charge is 0.480 e. The second kappa shape index (κ2) is 6.05. The normalized spacial score (nSPS) is 11.7. The smallest absolute Gasteiger partial charge is 0.326 e. The van der Waals surface area contributed by atoms with E-state index in [4.69, 9.17) is 5.11 Å². The maximum absolute atomic E-state index is 11.6. The molecule has 1 aromatic carbocycles. The Morgan fingerprint density at radius 2 is 1.78 bits per heavy atom. The summed E-state index contributed by atoms with van der Waals surface area (Å²) in [5, 5.41) is 13.9. The van der Waals surface area contributed by atoms with E-state index in [2.05, 4.69) is 10.6 Å². The van der Waals surface area contributed by atoms with Gasteiger partial charge in [0.05, 0.1) is 0 Å². The van der Waals surface area contributed by atoms with Crippen LogP contribution in [0, 0.1) is 13.8 Å². The molecule has 0 aliphatic rings. The molecule has 0 aromatic heterocycles. The molecule has 5 nitrogen and oxygen atoms in total. The number of urea groups is 1. The van der Waals surface area contributed by atoms with Crippen LogP contribution in [0.15, 0.2) is 18.2 Å². The third-order valence-corrected chi connectivity index (χ3v) is 2.49. The van der Waals surface area contributed by atoms with Crippen LogP contribution < -0.4 is 10.6 Å². The summed E-state index contributed by atoms with van der Waals surface area (Å²) in [6, 6.07) is 4.28. The highest BCUT2D eigenvalue weighted by molar-refractivity contribution is 5.92. The predicted octanol–water partition coefficient (Wildman–Crippen LogP) is 2.29. The summed E-state index contributed by atoms with van der Waals surface area (Å²) in [6.45, 7) is 5.57. The van der Waals surface area contributed by atoms with Gasteiger partial charge in [-0.3, -0.25) is 0 Å². The zero-order valence-electron chi connectivity index (χ0n) is 10.8. The number of hydrogen-bond donors (Lipinski definition) is 3. The molecule has 1 atom stereocenters. The SMILES string of the molecule is CCC(NC(=O)Nc1cc(C)cc(C)c1)C(=O)O. The van der Waals surface area contributed by atoms with Gasteiger partial charge >= 0.3 is 12.0 Å². The average molecular weight is 250 g/mol. The van der Waals surface area contributed by atoms with E-state index in [0.29, 0.717) is 12.1 Å². The minimum atomic E-state index is -1.03. The molecule has 3 N–H and O–H groups in total. The first-order chi connectivity index (χ1) is 8.42. The molecule has 18 heavy (non-hydrogen) atoms. The molecule has 0 saturated carbocycles. The molecule has 0 fully saturated rings. The Morgan fingerprint density at radius 3 is 2.22 bits per heavy atom. The van der Waals surface area contributed by atoms with E-state index in [1.165, 1.54) is 0 Å². The van der Waals surface area contributed by atoms with Crippen molar-refractivity contribution >= 4 is 17.7 Å². The number of benzene rings is 1. The molecule has 5 heteroatoms. The number of carbonyl (C=O) groups excluding carboxylic acids is 1. The zero-order valence-corrected chi connectivity index (χ0v) is 10.8. The fraction of sp³-hybridized carbons (Fsp3) is 0.385. The molecule has 1 unspecified atom stereocenters. The number of carboxylic acid groups (broad SMARTS) is 1. The number of aryl methyl sites for hydroxylation is 2. The van der Waals surface area contributed by atoms with Gasteiger partial charge in [0.1, 0.15) is 6.04 Å². The maximum atomic E-state index is 11.6. The standard InChI is InChI=1S/C13H18N2O3/c1-4-11(12(16)17)15-13(18)14-10-6-8(2)5-9(3)7-10/h5-7,11H,4H2,1-3H3,(H,16,17)(H2,14,15,18). The van der Waals surface area contributed by atoms with Crippen molar-refractivity contribution in [3.63, 3.8) is 0 Å². The van der Waals surface area contributed by atoms with E-state index in [0.717, 1.165) is 11.1 Å². The molecule has 0 aliphatic carbocycles. The summed E-state index contributed by atoms with van der Waals surface area (Å²) in [6.07, 6.45) is 0.343. The van der Waals surface area contributed by atoms with Crippen molar-refractivity contribution in [2.24, 2.45) is 0 Å². The lowest BCUT2D eigenvalue weighted by molar-refractivity contribution is -0.139. The highest BCUT2D eigenvalue weighted by Crippen LogP contribution is 2.13. The van der Waals surface area contributed by atoms with Gasteiger partial charge in [0.15, 0.2) is 0 Å². The molecule has 1 rings (SSSR count). The van der Waals surface area contributed by atoms with Crippen LogP contribution in [0.4, 0.5) is 10.5 Å². The third-order valence-electron chi connectivity index (χ3n) is 2.49. The maximum Gasteiger partial charge on any atom is 0.326 e. The molecular weight excluding hydrogens is 232 g/mol. The van der Waals surface area contributed by atoms with E-state index in [1.54, 1.807) is 6.92 Å². The fourth-order valence-corrected chi connectivity index (χ4v) is 1.71. The first kappa shape index (κ1) is 14.0. The van der Waals surface area contributed by atoms with Gasteiger partial charge in [0.2, 0.25) is 0 Å². The number of nitrogens with one attached hydrogen (secondary N) is 2. The van der Waals surface area contributed by atoms with Crippen molar-refractivity contribution in [2.75, 3.05) is 5.32 Å². The second-order valence-corrected chi connectivity index (χ2v) is 4.27. The van der Waals surface area contributed by atoms with Crippen molar-refractivity contribution in [1.82, 2.24) is 5.32 Å². The summed E-state index contributed by atoms with van der Waals surface area (Å²) >= 11 is 0. The van der Waals surface area contributed by atoms with Crippen LogP contribution in [0.2, 0.25) is 0 Å². The number of aliphatic carboxylic acids is 1. The topological polar surface area (TPSA) is 78.4 Å². The molecule has 1 aromatic rings. The Labute approximate surface area is 106 Å². The summed E-state index contributed by atoms with van der Waals surface area (Å²) < 4.78 is 0. The number of hydrogen-bond acceptors (Lipinski definition) is 2. The first-order valence-corrected chi connectivity index (χ1v) is 5.81. The van der Waals surface area contributed by atoms with Gasteiger partial charge in [0, 0.05) is 5.69 Å². The van der Waals surface area contributed by atoms with Crippen LogP contribution in [-0.2, 0) is 4.79 Å². The van der Waals surface area contributed by atoms with Crippen molar-refractivity contribution in [3.8, 4) is 0 Å². The lowest BCUT2D eigenvalue weighted by Crippen LogP contribution is -2.42. The zero-order chi connectivity index (χ0) is 13.7. The van der Waals surface area contributed by atoms with E-state index in [9.17, 15) is 9.59 Å². The second-order valence-electron chi connectivity index (χ2n) is 4.27. The van der Waals surface area contributed by atoms with Crippen LogP contribution in [0.1, 0.15) is 24.5 Å². The molecule has 98 valence electrons. The Hall–Kier alpha value is -2.04. The first-order valence-electron chi connectivity index (χ1n) is 5.81. The van der Waals surface area contributed by atoms with Crippen molar-refractivity contribution < 1.29 is 14.7 Å². The lowest BCUT2D eigenvalue weighted by atomic mass is 10.1. The third kappa shape index (κ3) is 4.08. The summed E-state index contributed by atoms with van der Waals surface area (Å²) in [4.78, 5) is 22.4. The average Bonchev–Trinajstić information content (AvgIpc) is 2.23. The van der Waals surface area contributed by atoms with E-state index in [-0.39, 0.29) is 0 Å². The molecular formula is C13H18N2O3. The van der Waals surface area contributed by atoms with Crippen LogP contribution in [-0.4, -0.2) is 23.1 Å². The van der Waals surface area contributed by atoms with Gasteiger partial charge in [-0.15, -0.1) is 0 Å². The molecule has 0 radical (unpaired) electrons. The number of carboxylic acids is 1. The van der Waals surface area contributed by atoms with Gasteiger partial charge in [-0.05, 0) is 43.5 Å². The van der Waals surface area contributed by atoms with E-state index >= 15 is 0 Å². The highest BCUT2D eigenvalue weighted by atomic mass is 16.4. The van der Waals surface area contributed by atoms with Crippen LogP contribution in [0.5, 0.6) is 0 Å². The van der Waals surface area contributed by atoms with Gasteiger partial charge in [-0.1, -0.05) is 13.0 Å². The van der Waals surface area contributed by atoms with Crippen molar-refractivity contribution in [1.29, 1.82) is 0 Å². The van der Waals surface area contributed by atoms with Crippen LogP contribution in [0.25, 0.3) is 0 Å². The van der Waals surface area contributed by atoms with Crippen molar-refractivity contribution in [2.45, 2.75) is 33.2 Å². The van der Waals surface area contributed by atoms with E-state index < -0.39 is 18.0 Å². The van der Waals surface area contributed by atoms with E-state index in [1.807, 2.05) is 32.0 Å². The molecule has 0 spiro atoms. The fourth-order valence-electron chi connectivity index (χ4n) is 1.71. The number of rotatable bonds is 4. The van der Waals surface area contributed by atoms with Crippen molar-refractivity contribution in [3.05, 3.63) is 29.3 Å². The van der Waals surface area contributed by atoms with Gasteiger partial charge in [-0.25, -0.2) is 9.59 Å². The molecule has 0 heterocycles. The number of carbonyl (C=O) groups is 2. The molecule has 2 amide bonds. The summed E-state index contributed by atoms with van der Waals surface area (Å²) in [7, 11) is 0. The Balaban J connectivity index is 2.67. The minimum Gasteiger partial charge on any atom is -0.480 e. The molecule has 0 aliphatic heterocycles. The Morgan fingerprint density at radius 1 is 1.22 bits per heavy atom. The van der Waals surface area contributed by atoms with Gasteiger partial charge < -0.3 is 15.7 Å². The minimum absolute atomic E-state index is 0.343. The number of anilines is 1. The van der Waals surface area contributed by atoms with Gasteiger partial charge in [-0.2, -0.15) is 0 Å². The highest BCUT2D eigenvalue weighted by Gasteiger charge is 2.17. The van der Waals surface area contributed by atoms with Gasteiger partial charge in [0.25, 0.3) is 0 Å². The molecule has 0 saturated heterocycles. The summed E-state index contributed by atoms with van der Waals surface area (Å²) in [5.41, 5.74) is 2.73. The quantitative estimate of drug-likeness (QED) is 0.767. The van der Waals surface area contributed by atoms with Crippen LogP contribution >= 0.6 is 0 Å². The predicted molar refractivity (Wildman–Crippen MR) is 69.8 cm³/mol. The van der Waals surface area contributed by atoms with Crippen LogP contribution in [0.3, 0.4) is 0 Å². The lowest BCUT2D eigenvalue weighted by Gasteiger charge is -2.13. The number of amides is 2.